The molecule has 2 nitrogen and oxygen atoms in total. The zero-order valence-corrected chi connectivity index (χ0v) is 28.6. The van der Waals surface area contributed by atoms with Gasteiger partial charge in [-0.3, -0.25) is 0 Å². The predicted molar refractivity (Wildman–Crippen MR) is 214 cm³/mol. The molecule has 2 heteroatoms. The van der Waals surface area contributed by atoms with Crippen LogP contribution in [0.5, 0.6) is 0 Å². The quantitative estimate of drug-likeness (QED) is 0.184. The fourth-order valence-corrected chi connectivity index (χ4v) is 8.33. The minimum Gasteiger partial charge on any atom is -0.456 e. The smallest absolute Gasteiger partial charge is 0.135 e. The van der Waals surface area contributed by atoms with Crippen LogP contribution in [0.25, 0.3) is 66.1 Å². The second-order valence-corrected chi connectivity index (χ2v) is 14.1. The molecule has 242 valence electrons. The van der Waals surface area contributed by atoms with E-state index in [1.54, 1.807) is 0 Å². The van der Waals surface area contributed by atoms with Gasteiger partial charge in [-0.05, 0) is 98.2 Å². The molecule has 0 N–H and O–H groups in total. The Morgan fingerprint density at radius 1 is 0.431 bits per heavy atom. The van der Waals surface area contributed by atoms with Crippen LogP contribution < -0.4 is 4.90 Å². The highest BCUT2D eigenvalue weighted by molar-refractivity contribution is 6.08. The van der Waals surface area contributed by atoms with Crippen molar-refractivity contribution in [2.75, 3.05) is 4.90 Å². The van der Waals surface area contributed by atoms with E-state index in [0.717, 1.165) is 39.0 Å². The Balaban J connectivity index is 1.23. The lowest BCUT2D eigenvalue weighted by Crippen LogP contribution is -2.14. The minimum atomic E-state index is -0.0430. The molecule has 0 spiro atoms. The Labute approximate surface area is 297 Å². The van der Waals surface area contributed by atoms with Crippen LogP contribution in [0, 0.1) is 0 Å². The van der Waals surface area contributed by atoms with Crippen molar-refractivity contribution < 1.29 is 4.42 Å². The number of para-hydroxylation sites is 1. The highest BCUT2D eigenvalue weighted by Gasteiger charge is 2.36. The van der Waals surface area contributed by atoms with Crippen LogP contribution in [-0.4, -0.2) is 0 Å². The number of anilines is 3. The van der Waals surface area contributed by atoms with E-state index < -0.39 is 0 Å². The van der Waals surface area contributed by atoms with Crippen LogP contribution in [-0.2, 0) is 5.41 Å². The van der Waals surface area contributed by atoms with Crippen molar-refractivity contribution in [2.45, 2.75) is 19.3 Å². The SMILES string of the molecule is CC1(C)c2ccccc2-c2c1ccc1cc(N(c3ccc4oc5ccccc5c4c3)c3ccc(-c4ccccc4)cc3-c3ccccc3)ccc21. The zero-order chi connectivity index (χ0) is 34.1. The van der Waals surface area contributed by atoms with Crippen molar-refractivity contribution in [3.63, 3.8) is 0 Å². The molecule has 1 aliphatic rings. The van der Waals surface area contributed by atoms with Gasteiger partial charge in [-0.15, -0.1) is 0 Å². The highest BCUT2D eigenvalue weighted by atomic mass is 16.3. The van der Waals surface area contributed by atoms with E-state index in [0.29, 0.717) is 0 Å². The summed E-state index contributed by atoms with van der Waals surface area (Å²) in [7, 11) is 0. The molecule has 10 rings (SSSR count). The van der Waals surface area contributed by atoms with Gasteiger partial charge in [0.1, 0.15) is 11.2 Å². The van der Waals surface area contributed by atoms with Crippen LogP contribution in [0.3, 0.4) is 0 Å². The monoisotopic (exact) mass is 653 g/mol. The summed E-state index contributed by atoms with van der Waals surface area (Å²) in [6.07, 6.45) is 0. The van der Waals surface area contributed by atoms with Crippen molar-refractivity contribution >= 4 is 49.8 Å². The van der Waals surface area contributed by atoms with Gasteiger partial charge in [0.2, 0.25) is 0 Å². The number of benzene rings is 8. The third-order valence-electron chi connectivity index (χ3n) is 10.9. The first-order valence-corrected chi connectivity index (χ1v) is 17.7. The lowest BCUT2D eigenvalue weighted by atomic mass is 9.82. The number of fused-ring (bicyclic) bond motifs is 8. The minimum absolute atomic E-state index is 0.0430. The molecular formula is C49H35NO. The molecular weight excluding hydrogens is 619 g/mol. The second kappa shape index (κ2) is 11.3. The summed E-state index contributed by atoms with van der Waals surface area (Å²) in [4.78, 5) is 2.42. The van der Waals surface area contributed by atoms with Crippen LogP contribution in [0.1, 0.15) is 25.0 Å². The third kappa shape index (κ3) is 4.64. The molecule has 0 unspecified atom stereocenters. The van der Waals surface area contributed by atoms with E-state index in [-0.39, 0.29) is 5.41 Å². The molecule has 9 aromatic rings. The van der Waals surface area contributed by atoms with Crippen molar-refractivity contribution in [1.29, 1.82) is 0 Å². The normalized spacial score (nSPS) is 13.1. The average Bonchev–Trinajstić information content (AvgIpc) is 3.67. The lowest BCUT2D eigenvalue weighted by Gasteiger charge is -2.29. The van der Waals surface area contributed by atoms with Gasteiger partial charge in [0.05, 0.1) is 5.69 Å². The average molecular weight is 654 g/mol. The maximum Gasteiger partial charge on any atom is 0.135 e. The molecule has 0 radical (unpaired) electrons. The number of rotatable bonds is 5. The Morgan fingerprint density at radius 2 is 1.12 bits per heavy atom. The Kier molecular flexibility index (Phi) is 6.56. The van der Waals surface area contributed by atoms with Gasteiger partial charge in [-0.2, -0.15) is 0 Å². The fourth-order valence-electron chi connectivity index (χ4n) is 8.33. The van der Waals surface area contributed by atoms with Gasteiger partial charge in [0.15, 0.2) is 0 Å². The maximum absolute atomic E-state index is 6.28. The predicted octanol–water partition coefficient (Wildman–Crippen LogP) is 13.8. The zero-order valence-electron chi connectivity index (χ0n) is 28.6. The standard InChI is InChI=1S/C49H35NO/c1-49(2)43-19-11-9-18-40(43)48-38-25-23-36(29-35(38)21-26-44(48)49)50(37-24-28-47-42(31-37)39-17-10-12-20-46(39)51-47)45-27-22-34(32-13-5-3-6-14-32)30-41(45)33-15-7-4-8-16-33/h3-31H,1-2H3. The Hall–Kier alpha value is -6.38. The van der Waals surface area contributed by atoms with Crippen LogP contribution in [0.2, 0.25) is 0 Å². The number of nitrogens with zero attached hydrogens (tertiary/aromatic N) is 1. The molecule has 51 heavy (non-hydrogen) atoms. The van der Waals surface area contributed by atoms with Crippen molar-refractivity contribution in [3.8, 4) is 33.4 Å². The van der Waals surface area contributed by atoms with Gasteiger partial charge in [-0.25, -0.2) is 0 Å². The molecule has 1 heterocycles. The summed E-state index contributed by atoms with van der Waals surface area (Å²) in [5, 5.41) is 4.73. The Bertz CT molecular complexity index is 2770. The van der Waals surface area contributed by atoms with Crippen molar-refractivity contribution in [3.05, 3.63) is 187 Å². The van der Waals surface area contributed by atoms with E-state index in [1.807, 2.05) is 12.1 Å². The van der Waals surface area contributed by atoms with E-state index in [9.17, 15) is 0 Å². The van der Waals surface area contributed by atoms with Crippen molar-refractivity contribution in [2.24, 2.45) is 0 Å². The molecule has 1 aliphatic carbocycles. The first-order chi connectivity index (χ1) is 25.0. The lowest BCUT2D eigenvalue weighted by molar-refractivity contribution is 0.661. The van der Waals surface area contributed by atoms with Gasteiger partial charge in [-0.1, -0.05) is 141 Å². The topological polar surface area (TPSA) is 16.4 Å². The first-order valence-electron chi connectivity index (χ1n) is 17.7. The summed E-state index contributed by atoms with van der Waals surface area (Å²) >= 11 is 0. The summed E-state index contributed by atoms with van der Waals surface area (Å²) in [6.45, 7) is 4.69. The van der Waals surface area contributed by atoms with Gasteiger partial charge < -0.3 is 9.32 Å². The summed E-state index contributed by atoms with van der Waals surface area (Å²) in [6, 6.07) is 63.7. The molecule has 1 aromatic heterocycles. The summed E-state index contributed by atoms with van der Waals surface area (Å²) in [5.74, 6) is 0. The third-order valence-corrected chi connectivity index (χ3v) is 10.9. The van der Waals surface area contributed by atoms with Crippen LogP contribution in [0.15, 0.2) is 180 Å². The molecule has 0 saturated heterocycles. The van der Waals surface area contributed by atoms with Crippen LogP contribution >= 0.6 is 0 Å². The van der Waals surface area contributed by atoms with E-state index in [1.165, 1.54) is 55.3 Å². The molecule has 8 aromatic carbocycles. The molecule has 0 saturated carbocycles. The largest absolute Gasteiger partial charge is 0.456 e. The molecule has 0 aliphatic heterocycles. The van der Waals surface area contributed by atoms with Gasteiger partial charge in [0.25, 0.3) is 0 Å². The second-order valence-electron chi connectivity index (χ2n) is 14.1. The fraction of sp³-hybridized carbons (Fsp3) is 0.0612. The molecule has 0 fully saturated rings. The number of hydrogen-bond acceptors (Lipinski definition) is 2. The number of hydrogen-bond donors (Lipinski definition) is 0. The van der Waals surface area contributed by atoms with Crippen LogP contribution in [0.4, 0.5) is 17.1 Å². The van der Waals surface area contributed by atoms with E-state index in [2.05, 4.69) is 183 Å². The number of furan rings is 1. The van der Waals surface area contributed by atoms with E-state index >= 15 is 0 Å². The first kappa shape index (κ1) is 29.5. The highest BCUT2D eigenvalue weighted by Crippen LogP contribution is 2.52. The Morgan fingerprint density at radius 3 is 1.96 bits per heavy atom. The van der Waals surface area contributed by atoms with E-state index in [4.69, 9.17) is 4.42 Å². The molecule has 0 bridgehead atoms. The summed E-state index contributed by atoms with van der Waals surface area (Å²) < 4.78 is 6.28. The van der Waals surface area contributed by atoms with Gasteiger partial charge in [0, 0.05) is 33.1 Å². The summed E-state index contributed by atoms with van der Waals surface area (Å²) in [5.41, 5.74) is 15.2. The maximum atomic E-state index is 6.28. The van der Waals surface area contributed by atoms with Gasteiger partial charge >= 0.3 is 0 Å². The van der Waals surface area contributed by atoms with Crippen molar-refractivity contribution in [1.82, 2.24) is 0 Å². The molecule has 0 atom stereocenters. The molecule has 0 amide bonds.